The number of aliphatic hydroxyl groups excluding tert-OH is 3. The van der Waals surface area contributed by atoms with E-state index in [1.807, 2.05) is 0 Å². The first kappa shape index (κ1) is 16.0. The second-order valence-electron chi connectivity index (χ2n) is 6.06. The van der Waals surface area contributed by atoms with Crippen LogP contribution < -0.4 is 4.90 Å². The summed E-state index contributed by atoms with van der Waals surface area (Å²) in [5.41, 5.74) is 0.991. The van der Waals surface area contributed by atoms with E-state index in [-0.39, 0.29) is 5.28 Å². The first-order chi connectivity index (χ1) is 11.6. The smallest absolute Gasteiger partial charge is 0.226 e. The summed E-state index contributed by atoms with van der Waals surface area (Å²) in [5.74, 6) is 0.660. The first-order valence-electron chi connectivity index (χ1n) is 7.87. The number of halogens is 1. The molecular weight excluding hydrogens is 338 g/mol. The van der Waals surface area contributed by atoms with Gasteiger partial charge in [0.25, 0.3) is 0 Å². The van der Waals surface area contributed by atoms with Gasteiger partial charge in [-0.05, 0) is 24.4 Å². The zero-order valence-corrected chi connectivity index (χ0v) is 13.5. The van der Waals surface area contributed by atoms with Gasteiger partial charge in [0.2, 0.25) is 5.28 Å². The van der Waals surface area contributed by atoms with Gasteiger partial charge < -0.3 is 25.0 Å². The van der Waals surface area contributed by atoms with Crippen molar-refractivity contribution in [3.63, 3.8) is 0 Å². The van der Waals surface area contributed by atoms with E-state index < -0.39 is 31.1 Å². The number of hydrogen-bond donors (Lipinski definition) is 3. The molecule has 0 aliphatic carbocycles. The highest BCUT2D eigenvalue weighted by Gasteiger charge is 2.44. The zero-order chi connectivity index (χ0) is 16.8. The van der Waals surface area contributed by atoms with E-state index in [0.717, 1.165) is 25.9 Å². The Hall–Kier alpha value is -1.52. The molecule has 0 saturated carbocycles. The van der Waals surface area contributed by atoms with Crippen molar-refractivity contribution in [2.24, 2.45) is 0 Å². The minimum Gasteiger partial charge on any atom is -0.394 e. The van der Waals surface area contributed by atoms with E-state index in [0.29, 0.717) is 17.0 Å². The lowest BCUT2D eigenvalue weighted by Gasteiger charge is -2.18. The van der Waals surface area contributed by atoms with Crippen LogP contribution in [0.2, 0.25) is 5.28 Å². The Morgan fingerprint density at radius 3 is 2.62 bits per heavy atom. The zero-order valence-electron chi connectivity index (χ0n) is 12.8. The minimum absolute atomic E-state index is 0.0814. The van der Waals surface area contributed by atoms with Crippen LogP contribution in [0.1, 0.15) is 19.1 Å². The highest BCUT2D eigenvalue weighted by molar-refractivity contribution is 6.28. The molecule has 2 fully saturated rings. The van der Waals surface area contributed by atoms with Crippen molar-refractivity contribution >= 4 is 28.6 Å². The quantitative estimate of drug-likeness (QED) is 0.642. The highest BCUT2D eigenvalue weighted by atomic mass is 35.5. The third-order valence-corrected chi connectivity index (χ3v) is 4.74. The molecule has 0 spiro atoms. The van der Waals surface area contributed by atoms with Gasteiger partial charge in [0.05, 0.1) is 12.9 Å². The molecule has 2 aromatic rings. The van der Waals surface area contributed by atoms with Gasteiger partial charge in [-0.25, -0.2) is 4.98 Å². The minimum atomic E-state index is -1.21. The lowest BCUT2D eigenvalue weighted by molar-refractivity contribution is -0.0511. The molecule has 0 bridgehead atoms. The molecule has 1 unspecified atom stereocenters. The molecule has 2 aliphatic heterocycles. The molecule has 24 heavy (non-hydrogen) atoms. The number of rotatable bonds is 3. The summed E-state index contributed by atoms with van der Waals surface area (Å²) >= 11 is 6.08. The molecule has 4 rings (SSSR count). The number of anilines is 1. The van der Waals surface area contributed by atoms with Crippen LogP contribution in [0.4, 0.5) is 5.82 Å². The van der Waals surface area contributed by atoms with Gasteiger partial charge in [0.15, 0.2) is 23.2 Å². The Morgan fingerprint density at radius 1 is 1.21 bits per heavy atom. The first-order valence-corrected chi connectivity index (χ1v) is 8.25. The highest BCUT2D eigenvalue weighted by Crippen LogP contribution is 2.34. The SMILES string of the molecule is OC[C@H]1OC(n2cnc3c(N4CCCC4)nc(Cl)nc32)[C@H](O)[C@@H]1O. The molecule has 4 atom stereocenters. The van der Waals surface area contributed by atoms with Crippen molar-refractivity contribution in [2.75, 3.05) is 24.6 Å². The van der Waals surface area contributed by atoms with Gasteiger partial charge >= 0.3 is 0 Å². The molecule has 10 heteroatoms. The fourth-order valence-corrected chi connectivity index (χ4v) is 3.48. The monoisotopic (exact) mass is 355 g/mol. The molecule has 4 heterocycles. The molecule has 0 amide bonds. The number of fused-ring (bicyclic) bond motifs is 1. The summed E-state index contributed by atoms with van der Waals surface area (Å²) in [6.45, 7) is 1.36. The van der Waals surface area contributed by atoms with E-state index in [2.05, 4.69) is 19.9 Å². The van der Waals surface area contributed by atoms with Crippen molar-refractivity contribution < 1.29 is 20.1 Å². The van der Waals surface area contributed by atoms with Gasteiger partial charge in [-0.3, -0.25) is 4.57 Å². The number of imidazole rings is 1. The summed E-state index contributed by atoms with van der Waals surface area (Å²) < 4.78 is 7.07. The normalized spacial score (nSPS) is 30.6. The topological polar surface area (TPSA) is 117 Å². The molecule has 2 saturated heterocycles. The molecule has 0 radical (unpaired) electrons. The lowest BCUT2D eigenvalue weighted by Crippen LogP contribution is -2.33. The summed E-state index contributed by atoms with van der Waals surface area (Å²) in [4.78, 5) is 15.0. The summed E-state index contributed by atoms with van der Waals surface area (Å²) in [6.07, 6.45) is -0.513. The molecule has 2 aromatic heterocycles. The second-order valence-corrected chi connectivity index (χ2v) is 6.40. The molecule has 2 aliphatic rings. The van der Waals surface area contributed by atoms with Gasteiger partial charge in [-0.1, -0.05) is 0 Å². The van der Waals surface area contributed by atoms with E-state index in [1.165, 1.54) is 10.9 Å². The number of nitrogens with zero attached hydrogens (tertiary/aromatic N) is 5. The fourth-order valence-electron chi connectivity index (χ4n) is 3.32. The van der Waals surface area contributed by atoms with Crippen LogP contribution in [-0.4, -0.2) is 72.8 Å². The van der Waals surface area contributed by atoms with Gasteiger partial charge in [0.1, 0.15) is 18.3 Å². The predicted molar refractivity (Wildman–Crippen MR) is 84.8 cm³/mol. The van der Waals surface area contributed by atoms with Crippen molar-refractivity contribution in [3.05, 3.63) is 11.6 Å². The van der Waals surface area contributed by atoms with E-state index >= 15 is 0 Å². The lowest BCUT2D eigenvalue weighted by atomic mass is 10.1. The van der Waals surface area contributed by atoms with Crippen molar-refractivity contribution in [3.8, 4) is 0 Å². The van der Waals surface area contributed by atoms with Crippen LogP contribution >= 0.6 is 11.6 Å². The molecule has 130 valence electrons. The third kappa shape index (κ3) is 2.44. The maximum absolute atomic E-state index is 10.2. The van der Waals surface area contributed by atoms with Gasteiger partial charge in [-0.15, -0.1) is 0 Å². The summed E-state index contributed by atoms with van der Waals surface area (Å²) in [6, 6.07) is 0. The van der Waals surface area contributed by atoms with E-state index in [9.17, 15) is 15.3 Å². The van der Waals surface area contributed by atoms with Crippen LogP contribution in [0, 0.1) is 0 Å². The Bertz CT molecular complexity index is 750. The Kier molecular flexibility index (Phi) is 4.05. The number of ether oxygens (including phenoxy) is 1. The maximum atomic E-state index is 10.2. The molecule has 9 nitrogen and oxygen atoms in total. The number of aliphatic hydroxyl groups is 3. The average molecular weight is 356 g/mol. The Morgan fingerprint density at radius 2 is 1.96 bits per heavy atom. The average Bonchev–Trinajstić information content (AvgIpc) is 3.28. The van der Waals surface area contributed by atoms with Crippen molar-refractivity contribution in [1.82, 2.24) is 19.5 Å². The van der Waals surface area contributed by atoms with E-state index in [4.69, 9.17) is 16.3 Å². The van der Waals surface area contributed by atoms with Gasteiger partial charge in [0, 0.05) is 13.1 Å². The van der Waals surface area contributed by atoms with Crippen LogP contribution in [-0.2, 0) is 4.74 Å². The Labute approximate surface area is 142 Å². The fraction of sp³-hybridized carbons (Fsp3) is 0.643. The number of aromatic nitrogens is 4. The van der Waals surface area contributed by atoms with Gasteiger partial charge in [-0.2, -0.15) is 9.97 Å². The number of hydrogen-bond acceptors (Lipinski definition) is 8. The van der Waals surface area contributed by atoms with Crippen molar-refractivity contribution in [1.29, 1.82) is 0 Å². The summed E-state index contributed by atoms with van der Waals surface area (Å²) in [5, 5.41) is 29.5. The predicted octanol–water partition coefficient (Wildman–Crippen LogP) is -0.309. The molecule has 3 N–H and O–H groups in total. The third-order valence-electron chi connectivity index (χ3n) is 4.57. The van der Waals surface area contributed by atoms with E-state index in [1.54, 1.807) is 0 Å². The van der Waals surface area contributed by atoms with Crippen LogP contribution in [0.15, 0.2) is 6.33 Å². The second kappa shape index (κ2) is 6.08. The largest absolute Gasteiger partial charge is 0.394 e. The molecular formula is C14H18ClN5O4. The summed E-state index contributed by atoms with van der Waals surface area (Å²) in [7, 11) is 0. The molecule has 0 aromatic carbocycles. The standard InChI is InChI=1S/C14H18ClN5O4/c15-14-17-11(19-3-1-2-4-19)8-12(18-14)20(6-16-8)13-10(23)9(22)7(5-21)24-13/h6-7,9-10,13,21-23H,1-5H2/t7-,9-,10-,13?/m1/s1. The van der Waals surface area contributed by atoms with Crippen LogP contribution in [0.3, 0.4) is 0 Å². The van der Waals surface area contributed by atoms with Crippen LogP contribution in [0.25, 0.3) is 11.2 Å². The van der Waals surface area contributed by atoms with Crippen LogP contribution in [0.5, 0.6) is 0 Å². The maximum Gasteiger partial charge on any atom is 0.226 e. The van der Waals surface area contributed by atoms with Crippen molar-refractivity contribution in [2.45, 2.75) is 37.4 Å². The Balaban J connectivity index is 1.78.